The molecule has 0 spiro atoms. The lowest BCUT2D eigenvalue weighted by atomic mass is 10.0. The van der Waals surface area contributed by atoms with Crippen molar-refractivity contribution in [2.75, 3.05) is 24.8 Å². The first-order valence-electron chi connectivity index (χ1n) is 7.70. The number of methoxy groups -OCH3 is 1. The van der Waals surface area contributed by atoms with Crippen molar-refractivity contribution in [2.45, 2.75) is 43.7 Å². The largest absolute Gasteiger partial charge is 0.394 e. The normalized spacial score (nSPS) is 19.9. The molecule has 10 nitrogen and oxygen atoms in total. The Morgan fingerprint density at radius 3 is 2.79 bits per heavy atom. The van der Waals surface area contributed by atoms with Gasteiger partial charge in [0.05, 0.1) is 12.9 Å². The number of nitrogens with one attached hydrogen (secondary N) is 1. The molecule has 0 bridgehead atoms. The highest BCUT2D eigenvalue weighted by Crippen LogP contribution is 2.30. The molecule has 0 aromatic carbocycles. The van der Waals surface area contributed by atoms with Gasteiger partial charge >= 0.3 is 0 Å². The molecule has 1 fully saturated rings. The van der Waals surface area contributed by atoms with Crippen molar-refractivity contribution in [3.63, 3.8) is 0 Å². The fourth-order valence-electron chi connectivity index (χ4n) is 2.57. The second-order valence-electron chi connectivity index (χ2n) is 6.13. The number of nitrogens with zero attached hydrogens (tertiary/aromatic N) is 4. The van der Waals surface area contributed by atoms with Gasteiger partial charge in [-0.25, -0.2) is 4.98 Å². The average Bonchev–Trinajstić information content (AvgIpc) is 3.24. The molecule has 24 heavy (non-hydrogen) atoms. The fourth-order valence-corrected chi connectivity index (χ4v) is 2.57. The van der Waals surface area contributed by atoms with E-state index in [-0.39, 0.29) is 11.6 Å². The minimum absolute atomic E-state index is 0.0307. The van der Waals surface area contributed by atoms with Crippen LogP contribution in [0.5, 0.6) is 0 Å². The van der Waals surface area contributed by atoms with Crippen LogP contribution in [0.2, 0.25) is 0 Å². The maximum absolute atomic E-state index is 10.8. The standard InChI is InChI=1S/C14H22N6O4/c1-14(23,10(22)8(5-21)24-2)20-6-16-9-11(17-7-3-4-7)18-13(15)19-12(9)20/h6-8,10,21-23H,3-5H2,1-2H3,(H3,15,17,18,19)/t8?,10-,14-/m1/s1. The van der Waals surface area contributed by atoms with Crippen LogP contribution in [0.3, 0.4) is 0 Å². The number of imidazole rings is 1. The first-order chi connectivity index (χ1) is 11.4. The number of hydrogen-bond acceptors (Lipinski definition) is 9. The minimum Gasteiger partial charge on any atom is -0.394 e. The number of hydrogen-bond donors (Lipinski definition) is 5. The molecule has 6 N–H and O–H groups in total. The number of rotatable bonds is 7. The zero-order chi connectivity index (χ0) is 17.5. The molecular weight excluding hydrogens is 316 g/mol. The van der Waals surface area contributed by atoms with Crippen LogP contribution in [-0.4, -0.2) is 66.8 Å². The summed E-state index contributed by atoms with van der Waals surface area (Å²) in [7, 11) is 1.34. The second kappa shape index (κ2) is 6.13. The van der Waals surface area contributed by atoms with E-state index in [0.717, 1.165) is 12.8 Å². The van der Waals surface area contributed by atoms with Crippen LogP contribution < -0.4 is 11.1 Å². The number of ether oxygens (including phenoxy) is 1. The third-order valence-electron chi connectivity index (χ3n) is 4.21. The Balaban J connectivity index is 2.04. The first-order valence-corrected chi connectivity index (χ1v) is 7.70. The topological polar surface area (TPSA) is 152 Å². The summed E-state index contributed by atoms with van der Waals surface area (Å²) in [5, 5.41) is 33.7. The number of fused-ring (bicyclic) bond motifs is 1. The summed E-state index contributed by atoms with van der Waals surface area (Å²) in [6.07, 6.45) is 1.06. The smallest absolute Gasteiger partial charge is 0.224 e. The SMILES string of the molecule is COC(CO)[C@@H](O)[C@@](C)(O)n1cnc2c(NC3CC3)nc(N)nc21. The molecule has 0 radical (unpaired) electrons. The summed E-state index contributed by atoms with van der Waals surface area (Å²) in [6.45, 7) is 0.929. The Kier molecular flexibility index (Phi) is 4.30. The van der Waals surface area contributed by atoms with Gasteiger partial charge in [0.1, 0.15) is 12.2 Å². The van der Waals surface area contributed by atoms with E-state index < -0.39 is 24.5 Å². The van der Waals surface area contributed by atoms with E-state index in [0.29, 0.717) is 17.4 Å². The molecule has 3 atom stereocenters. The Labute approximate surface area is 138 Å². The lowest BCUT2D eigenvalue weighted by Crippen LogP contribution is -2.50. The minimum atomic E-state index is -1.82. The maximum atomic E-state index is 10.8. The monoisotopic (exact) mass is 338 g/mol. The molecule has 1 aliphatic carbocycles. The lowest BCUT2D eigenvalue weighted by molar-refractivity contribution is -0.174. The van der Waals surface area contributed by atoms with Crippen LogP contribution >= 0.6 is 0 Å². The Hall–Kier alpha value is -2.01. The second-order valence-corrected chi connectivity index (χ2v) is 6.13. The first kappa shape index (κ1) is 16.8. The van der Waals surface area contributed by atoms with Crippen molar-refractivity contribution in [3.05, 3.63) is 6.33 Å². The lowest BCUT2D eigenvalue weighted by Gasteiger charge is -2.34. The molecule has 132 valence electrons. The zero-order valence-corrected chi connectivity index (χ0v) is 13.5. The summed E-state index contributed by atoms with van der Waals surface area (Å²) in [5.74, 6) is 0.526. The third-order valence-corrected chi connectivity index (χ3v) is 4.21. The number of aliphatic hydroxyl groups excluding tert-OH is 2. The van der Waals surface area contributed by atoms with Crippen LogP contribution in [0.1, 0.15) is 19.8 Å². The molecular formula is C14H22N6O4. The summed E-state index contributed by atoms with van der Waals surface area (Å²) in [4.78, 5) is 12.5. The van der Waals surface area contributed by atoms with E-state index in [1.165, 1.54) is 24.9 Å². The van der Waals surface area contributed by atoms with Crippen LogP contribution in [0, 0.1) is 0 Å². The van der Waals surface area contributed by atoms with E-state index >= 15 is 0 Å². The van der Waals surface area contributed by atoms with Crippen molar-refractivity contribution in [2.24, 2.45) is 0 Å². The summed E-state index contributed by atoms with van der Waals surface area (Å²) >= 11 is 0. The molecule has 0 saturated heterocycles. The molecule has 2 aromatic rings. The van der Waals surface area contributed by atoms with E-state index in [2.05, 4.69) is 20.3 Å². The van der Waals surface area contributed by atoms with E-state index in [1.54, 1.807) is 0 Å². The van der Waals surface area contributed by atoms with Gasteiger partial charge in [-0.05, 0) is 19.8 Å². The van der Waals surface area contributed by atoms with Gasteiger partial charge in [-0.1, -0.05) is 0 Å². The van der Waals surface area contributed by atoms with E-state index in [9.17, 15) is 15.3 Å². The van der Waals surface area contributed by atoms with E-state index in [1.807, 2.05) is 0 Å². The number of aliphatic hydroxyl groups is 3. The molecule has 3 rings (SSSR count). The molecule has 0 amide bonds. The van der Waals surface area contributed by atoms with Crippen LogP contribution in [0.4, 0.5) is 11.8 Å². The van der Waals surface area contributed by atoms with Crippen molar-refractivity contribution in [1.29, 1.82) is 0 Å². The number of nitrogen functional groups attached to an aromatic ring is 1. The van der Waals surface area contributed by atoms with Gasteiger partial charge in [0.15, 0.2) is 22.7 Å². The highest BCUT2D eigenvalue weighted by Gasteiger charge is 2.40. The molecule has 1 aliphatic rings. The van der Waals surface area contributed by atoms with Crippen molar-refractivity contribution < 1.29 is 20.1 Å². The van der Waals surface area contributed by atoms with Crippen LogP contribution in [0.15, 0.2) is 6.33 Å². The molecule has 10 heteroatoms. The van der Waals surface area contributed by atoms with Crippen molar-refractivity contribution >= 4 is 22.9 Å². The van der Waals surface area contributed by atoms with Gasteiger partial charge in [-0.15, -0.1) is 0 Å². The van der Waals surface area contributed by atoms with Crippen molar-refractivity contribution in [3.8, 4) is 0 Å². The van der Waals surface area contributed by atoms with Crippen LogP contribution in [-0.2, 0) is 10.5 Å². The van der Waals surface area contributed by atoms with Gasteiger partial charge in [0, 0.05) is 13.2 Å². The maximum Gasteiger partial charge on any atom is 0.224 e. The molecule has 0 aliphatic heterocycles. The van der Waals surface area contributed by atoms with Gasteiger partial charge < -0.3 is 31.1 Å². The van der Waals surface area contributed by atoms with Gasteiger partial charge in [-0.3, -0.25) is 4.57 Å². The average molecular weight is 338 g/mol. The zero-order valence-electron chi connectivity index (χ0n) is 13.5. The number of nitrogens with two attached hydrogens (primary N) is 1. The van der Waals surface area contributed by atoms with Crippen molar-refractivity contribution in [1.82, 2.24) is 19.5 Å². The predicted octanol–water partition coefficient (Wildman–Crippen LogP) is -0.984. The molecule has 2 heterocycles. The van der Waals surface area contributed by atoms with Gasteiger partial charge in [0.25, 0.3) is 0 Å². The molecule has 2 aromatic heterocycles. The summed E-state index contributed by atoms with van der Waals surface area (Å²) in [6, 6.07) is 0.339. The Morgan fingerprint density at radius 2 is 2.21 bits per heavy atom. The van der Waals surface area contributed by atoms with Gasteiger partial charge in [0.2, 0.25) is 5.95 Å². The number of anilines is 2. The van der Waals surface area contributed by atoms with E-state index in [4.69, 9.17) is 10.5 Å². The number of aromatic nitrogens is 4. The highest BCUT2D eigenvalue weighted by molar-refractivity contribution is 5.84. The highest BCUT2D eigenvalue weighted by atomic mass is 16.5. The molecule has 1 saturated carbocycles. The summed E-state index contributed by atoms with van der Waals surface area (Å²) in [5.41, 5.74) is 4.67. The van der Waals surface area contributed by atoms with Gasteiger partial charge in [-0.2, -0.15) is 9.97 Å². The van der Waals surface area contributed by atoms with Crippen LogP contribution in [0.25, 0.3) is 11.2 Å². The predicted molar refractivity (Wildman–Crippen MR) is 86.1 cm³/mol. The Morgan fingerprint density at radius 1 is 1.50 bits per heavy atom. The quantitative estimate of drug-likeness (QED) is 0.428. The summed E-state index contributed by atoms with van der Waals surface area (Å²) < 4.78 is 6.30. The Bertz CT molecular complexity index is 725. The fraction of sp³-hybridized carbons (Fsp3) is 0.643. The third kappa shape index (κ3) is 2.88. The molecule has 1 unspecified atom stereocenters.